The van der Waals surface area contributed by atoms with Gasteiger partial charge in [-0.15, -0.1) is 0 Å². The van der Waals surface area contributed by atoms with Gasteiger partial charge in [0.25, 0.3) is 0 Å². The number of allylic oxidation sites excluding steroid dienone is 3. The number of hydrogen-bond donors (Lipinski definition) is 6. The summed E-state index contributed by atoms with van der Waals surface area (Å²) in [6, 6.07) is -0.814. The van der Waals surface area contributed by atoms with Gasteiger partial charge in [-0.05, 0) is 25.7 Å². The van der Waals surface area contributed by atoms with Gasteiger partial charge < -0.3 is 40.3 Å². The fourth-order valence-electron chi connectivity index (χ4n) is 5.72. The number of carbonyl (C=O) groups is 1. The Morgan fingerprint density at radius 2 is 1.22 bits per heavy atom. The summed E-state index contributed by atoms with van der Waals surface area (Å²) in [4.78, 5) is 12.0. The molecular weight excluding hydrogens is 586 g/mol. The number of nitrogens with one attached hydrogen (secondary N) is 1. The molecular formula is C37H69NO8. The van der Waals surface area contributed by atoms with Crippen LogP contribution in [0.5, 0.6) is 0 Å². The van der Waals surface area contributed by atoms with Gasteiger partial charge >= 0.3 is 0 Å². The molecule has 1 amide bonds. The zero-order chi connectivity index (χ0) is 33.8. The van der Waals surface area contributed by atoms with Gasteiger partial charge in [0.05, 0.1) is 25.4 Å². The number of aliphatic hydroxyl groups is 5. The molecule has 7 unspecified atom stereocenters. The van der Waals surface area contributed by atoms with Gasteiger partial charge in [-0.2, -0.15) is 0 Å². The maximum Gasteiger partial charge on any atom is 0.220 e. The molecule has 1 rings (SSSR count). The monoisotopic (exact) mass is 656 g/mol. The largest absolute Gasteiger partial charge is 0.394 e. The van der Waals surface area contributed by atoms with Gasteiger partial charge in [0, 0.05) is 6.42 Å². The van der Waals surface area contributed by atoms with E-state index in [2.05, 4.69) is 24.4 Å². The Morgan fingerprint density at radius 1 is 0.717 bits per heavy atom. The first-order chi connectivity index (χ1) is 22.3. The van der Waals surface area contributed by atoms with E-state index in [-0.39, 0.29) is 18.9 Å². The molecule has 0 aromatic carbocycles. The van der Waals surface area contributed by atoms with E-state index in [1.807, 2.05) is 6.08 Å². The molecule has 0 aliphatic carbocycles. The summed E-state index contributed by atoms with van der Waals surface area (Å²) in [6.45, 7) is 3.19. The van der Waals surface area contributed by atoms with Crippen molar-refractivity contribution in [3.8, 4) is 0 Å². The Labute approximate surface area is 279 Å². The summed E-state index contributed by atoms with van der Waals surface area (Å²) in [5, 5.41) is 52.8. The van der Waals surface area contributed by atoms with Crippen molar-refractivity contribution in [3.63, 3.8) is 0 Å². The highest BCUT2D eigenvalue weighted by Crippen LogP contribution is 2.22. The molecule has 9 nitrogen and oxygen atoms in total. The quantitative estimate of drug-likeness (QED) is 0.0425. The third-order valence-corrected chi connectivity index (χ3v) is 8.84. The summed E-state index contributed by atoms with van der Waals surface area (Å²) >= 11 is 0. The fourth-order valence-corrected chi connectivity index (χ4v) is 5.72. The van der Waals surface area contributed by atoms with Crippen molar-refractivity contribution in [3.05, 3.63) is 24.3 Å². The number of amides is 1. The number of carbonyl (C=O) groups excluding carboxylic acids is 1. The number of aliphatic hydroxyl groups excluding tert-OH is 5. The Hall–Kier alpha value is -1.33. The Bertz CT molecular complexity index is 776. The summed E-state index contributed by atoms with van der Waals surface area (Å²) in [5.41, 5.74) is 0. The molecule has 9 heteroatoms. The van der Waals surface area contributed by atoms with Crippen molar-refractivity contribution in [1.29, 1.82) is 0 Å². The molecule has 0 aromatic heterocycles. The zero-order valence-corrected chi connectivity index (χ0v) is 29.1. The molecule has 1 fully saturated rings. The summed E-state index contributed by atoms with van der Waals surface area (Å²) in [5.74, 6) is -0.276. The highest BCUT2D eigenvalue weighted by atomic mass is 16.7. The van der Waals surface area contributed by atoms with Gasteiger partial charge in [-0.3, -0.25) is 4.79 Å². The molecule has 0 spiro atoms. The highest BCUT2D eigenvalue weighted by Gasteiger charge is 2.44. The van der Waals surface area contributed by atoms with E-state index in [1.165, 1.54) is 109 Å². The van der Waals surface area contributed by atoms with Crippen molar-refractivity contribution < 1.29 is 39.8 Å². The van der Waals surface area contributed by atoms with Crippen LogP contribution in [0.25, 0.3) is 0 Å². The smallest absolute Gasteiger partial charge is 0.220 e. The Kier molecular flexibility index (Phi) is 26.6. The van der Waals surface area contributed by atoms with Crippen molar-refractivity contribution in [1.82, 2.24) is 5.32 Å². The molecule has 0 saturated carbocycles. The molecule has 270 valence electrons. The van der Waals surface area contributed by atoms with Crippen LogP contribution in [0.4, 0.5) is 0 Å². The first-order valence-corrected chi connectivity index (χ1v) is 18.6. The number of rotatable bonds is 29. The lowest BCUT2D eigenvalue weighted by Crippen LogP contribution is -2.60. The van der Waals surface area contributed by atoms with E-state index in [1.54, 1.807) is 13.0 Å². The van der Waals surface area contributed by atoms with E-state index in [9.17, 15) is 30.3 Å². The summed E-state index contributed by atoms with van der Waals surface area (Å²) < 4.78 is 10.9. The van der Waals surface area contributed by atoms with Gasteiger partial charge in [-0.1, -0.05) is 141 Å². The molecule has 46 heavy (non-hydrogen) atoms. The molecule has 6 N–H and O–H groups in total. The lowest BCUT2D eigenvalue weighted by Gasteiger charge is -2.40. The molecule has 0 bridgehead atoms. The lowest BCUT2D eigenvalue weighted by molar-refractivity contribution is -0.302. The SMILES string of the molecule is CCCCCCCCCCCCCCCCCCC/C=C/CC/C=C/C(O)C(COC1OC(CO)C(O)C(O)C1O)NC(=O)CC. The predicted molar refractivity (Wildman–Crippen MR) is 184 cm³/mol. The predicted octanol–water partition coefficient (Wildman–Crippen LogP) is 5.99. The van der Waals surface area contributed by atoms with Gasteiger partial charge in [0.15, 0.2) is 6.29 Å². The van der Waals surface area contributed by atoms with E-state index in [4.69, 9.17) is 9.47 Å². The van der Waals surface area contributed by atoms with Crippen molar-refractivity contribution in [2.45, 2.75) is 192 Å². The maximum absolute atomic E-state index is 12.0. The van der Waals surface area contributed by atoms with Crippen LogP contribution in [0.3, 0.4) is 0 Å². The van der Waals surface area contributed by atoms with Crippen LogP contribution in [-0.2, 0) is 14.3 Å². The standard InChI is InChI=1S/C37H69NO8/c1-3-5-6-7-8-9-10-11-12-13-14-15-16-17-18-19-20-21-22-23-24-25-26-27-31(40)30(38-33(41)4-2)29-45-37-36(44)35(43)34(42)32(28-39)46-37/h22-23,26-27,30-32,34-37,39-40,42-44H,3-21,24-25,28-29H2,1-2H3,(H,38,41)/b23-22+,27-26+. The summed E-state index contributed by atoms with van der Waals surface area (Å²) in [7, 11) is 0. The third-order valence-electron chi connectivity index (χ3n) is 8.84. The lowest BCUT2D eigenvalue weighted by atomic mass is 9.99. The number of hydrogen-bond acceptors (Lipinski definition) is 8. The molecule has 1 saturated heterocycles. The van der Waals surface area contributed by atoms with Gasteiger partial charge in [0.2, 0.25) is 5.91 Å². The molecule has 1 heterocycles. The first kappa shape index (κ1) is 42.7. The number of ether oxygens (including phenoxy) is 2. The Balaban J connectivity index is 2.12. The van der Waals surface area contributed by atoms with Crippen LogP contribution < -0.4 is 5.32 Å². The molecule has 0 aromatic rings. The normalized spacial score (nSPS) is 23.3. The van der Waals surface area contributed by atoms with Gasteiger partial charge in [0.1, 0.15) is 24.4 Å². The van der Waals surface area contributed by atoms with Crippen molar-refractivity contribution >= 4 is 5.91 Å². The molecule has 1 aliphatic heterocycles. The second kappa shape index (κ2) is 28.7. The van der Waals surface area contributed by atoms with Crippen LogP contribution in [0.1, 0.15) is 149 Å². The van der Waals surface area contributed by atoms with Crippen molar-refractivity contribution in [2.24, 2.45) is 0 Å². The van der Waals surface area contributed by atoms with E-state index < -0.39 is 49.5 Å². The zero-order valence-electron chi connectivity index (χ0n) is 29.1. The molecule has 1 aliphatic rings. The second-order valence-corrected chi connectivity index (χ2v) is 13.0. The fraction of sp³-hybridized carbons (Fsp3) is 0.865. The third kappa shape index (κ3) is 20.1. The highest BCUT2D eigenvalue weighted by molar-refractivity contribution is 5.75. The van der Waals surface area contributed by atoms with Crippen LogP contribution >= 0.6 is 0 Å². The van der Waals surface area contributed by atoms with Crippen LogP contribution in [-0.4, -0.2) is 87.5 Å². The minimum Gasteiger partial charge on any atom is -0.394 e. The van der Waals surface area contributed by atoms with Crippen LogP contribution in [0.15, 0.2) is 24.3 Å². The van der Waals surface area contributed by atoms with Crippen LogP contribution in [0, 0.1) is 0 Å². The average molecular weight is 656 g/mol. The average Bonchev–Trinajstić information content (AvgIpc) is 3.06. The van der Waals surface area contributed by atoms with Crippen LogP contribution in [0.2, 0.25) is 0 Å². The molecule has 7 atom stereocenters. The summed E-state index contributed by atoms with van der Waals surface area (Å²) in [6.07, 6.45) is 26.1. The topological polar surface area (TPSA) is 149 Å². The second-order valence-electron chi connectivity index (χ2n) is 13.0. The number of unbranched alkanes of at least 4 members (excludes halogenated alkanes) is 18. The van der Waals surface area contributed by atoms with Crippen molar-refractivity contribution in [2.75, 3.05) is 13.2 Å². The van der Waals surface area contributed by atoms with Gasteiger partial charge in [-0.25, -0.2) is 0 Å². The van der Waals surface area contributed by atoms with E-state index in [0.717, 1.165) is 19.3 Å². The Morgan fingerprint density at radius 3 is 1.74 bits per heavy atom. The van der Waals surface area contributed by atoms with E-state index in [0.29, 0.717) is 0 Å². The minimum atomic E-state index is -1.56. The molecule has 0 radical (unpaired) electrons. The van der Waals surface area contributed by atoms with E-state index >= 15 is 0 Å². The first-order valence-electron chi connectivity index (χ1n) is 18.6. The maximum atomic E-state index is 12.0. The minimum absolute atomic E-state index is 0.209.